The zero-order valence-electron chi connectivity index (χ0n) is 17.7. The molecule has 0 radical (unpaired) electrons. The Balaban J connectivity index is 1.50. The summed E-state index contributed by atoms with van der Waals surface area (Å²) < 4.78 is 0. The first-order chi connectivity index (χ1) is 14.9. The number of benzene rings is 1. The topological polar surface area (TPSA) is 81.8 Å². The molecule has 1 aliphatic rings. The molecule has 1 aromatic carbocycles. The van der Waals surface area contributed by atoms with Crippen molar-refractivity contribution < 1.29 is 14.4 Å². The Kier molecular flexibility index (Phi) is 8.06. The van der Waals surface area contributed by atoms with Gasteiger partial charge in [-0.1, -0.05) is 17.7 Å². The highest BCUT2D eigenvalue weighted by atomic mass is 35.5. The first-order valence-electron chi connectivity index (χ1n) is 10.2. The summed E-state index contributed by atoms with van der Waals surface area (Å²) in [6.45, 7) is 2.16. The van der Waals surface area contributed by atoms with Crippen LogP contribution in [0.1, 0.15) is 39.3 Å². The van der Waals surface area contributed by atoms with Crippen molar-refractivity contribution in [2.75, 3.05) is 39.0 Å². The maximum atomic E-state index is 12.5. The van der Waals surface area contributed by atoms with Crippen LogP contribution >= 0.6 is 22.9 Å². The van der Waals surface area contributed by atoms with Gasteiger partial charge in [0.1, 0.15) is 0 Å². The van der Waals surface area contributed by atoms with E-state index in [9.17, 15) is 14.4 Å². The van der Waals surface area contributed by atoms with E-state index in [2.05, 4.69) is 15.5 Å². The molecular formula is C22H27ClN4O3S. The number of halogens is 1. The van der Waals surface area contributed by atoms with Crippen molar-refractivity contribution in [3.05, 3.63) is 51.2 Å². The highest BCUT2D eigenvalue weighted by molar-refractivity contribution is 7.12. The third-order valence-electron chi connectivity index (χ3n) is 5.22. The predicted octanol–water partition coefficient (Wildman–Crippen LogP) is 3.33. The molecule has 2 aromatic rings. The number of amides is 3. The summed E-state index contributed by atoms with van der Waals surface area (Å²) in [5, 5.41) is 7.84. The van der Waals surface area contributed by atoms with Gasteiger partial charge in [-0.05, 0) is 55.5 Å². The summed E-state index contributed by atoms with van der Waals surface area (Å²) in [7, 11) is 3.56. The fourth-order valence-electron chi connectivity index (χ4n) is 3.61. The Hall–Kier alpha value is -2.42. The van der Waals surface area contributed by atoms with E-state index in [0.717, 1.165) is 32.4 Å². The van der Waals surface area contributed by atoms with Crippen LogP contribution in [0.2, 0.25) is 5.02 Å². The number of nitrogens with one attached hydrogen (secondary N) is 2. The van der Waals surface area contributed by atoms with Gasteiger partial charge in [-0.25, -0.2) is 0 Å². The van der Waals surface area contributed by atoms with Crippen LogP contribution < -0.4 is 10.6 Å². The Morgan fingerprint density at radius 3 is 2.74 bits per heavy atom. The van der Waals surface area contributed by atoms with E-state index in [-0.39, 0.29) is 23.8 Å². The van der Waals surface area contributed by atoms with E-state index in [4.69, 9.17) is 11.6 Å². The molecule has 9 heteroatoms. The van der Waals surface area contributed by atoms with Gasteiger partial charge in [0.05, 0.1) is 21.6 Å². The second-order valence-corrected chi connectivity index (χ2v) is 9.02. The van der Waals surface area contributed by atoms with Crippen molar-refractivity contribution in [3.63, 3.8) is 0 Å². The first kappa shape index (κ1) is 23.2. The Morgan fingerprint density at radius 1 is 1.23 bits per heavy atom. The van der Waals surface area contributed by atoms with Gasteiger partial charge >= 0.3 is 0 Å². The molecule has 0 aliphatic carbocycles. The summed E-state index contributed by atoms with van der Waals surface area (Å²) in [4.78, 5) is 41.5. The van der Waals surface area contributed by atoms with Gasteiger partial charge in [0.15, 0.2) is 0 Å². The van der Waals surface area contributed by atoms with Gasteiger partial charge in [-0.2, -0.15) is 0 Å². The van der Waals surface area contributed by atoms with Crippen molar-refractivity contribution in [3.8, 4) is 0 Å². The molecule has 2 N–H and O–H groups in total. The number of nitrogens with zero attached hydrogens (tertiary/aromatic N) is 2. The molecule has 2 heterocycles. The van der Waals surface area contributed by atoms with E-state index in [0.29, 0.717) is 27.7 Å². The van der Waals surface area contributed by atoms with Crippen LogP contribution in [0.5, 0.6) is 0 Å². The van der Waals surface area contributed by atoms with Gasteiger partial charge in [-0.3, -0.25) is 19.3 Å². The highest BCUT2D eigenvalue weighted by Gasteiger charge is 2.31. The second kappa shape index (κ2) is 10.7. The summed E-state index contributed by atoms with van der Waals surface area (Å²) >= 11 is 7.52. The molecule has 0 bridgehead atoms. The Morgan fingerprint density at radius 2 is 2.03 bits per heavy atom. The summed E-state index contributed by atoms with van der Waals surface area (Å²) in [6.07, 6.45) is 2.65. The average molecular weight is 463 g/mol. The van der Waals surface area contributed by atoms with E-state index < -0.39 is 0 Å². The van der Waals surface area contributed by atoms with Gasteiger partial charge in [-0.15, -0.1) is 11.3 Å². The molecule has 1 saturated heterocycles. The van der Waals surface area contributed by atoms with Crippen LogP contribution in [0, 0.1) is 0 Å². The summed E-state index contributed by atoms with van der Waals surface area (Å²) in [6, 6.07) is 8.27. The van der Waals surface area contributed by atoms with Crippen molar-refractivity contribution in [1.29, 1.82) is 0 Å². The van der Waals surface area contributed by atoms with Crippen LogP contribution in [0.15, 0.2) is 35.7 Å². The molecule has 0 saturated carbocycles. The van der Waals surface area contributed by atoms with E-state index in [1.54, 1.807) is 49.3 Å². The molecule has 1 aliphatic heterocycles. The molecule has 166 valence electrons. The molecule has 1 aromatic heterocycles. The molecule has 1 fully saturated rings. The lowest BCUT2D eigenvalue weighted by molar-refractivity contribution is -0.133. The number of thiophene rings is 1. The fourth-order valence-corrected chi connectivity index (χ4v) is 4.40. The maximum absolute atomic E-state index is 12.5. The molecule has 7 nitrogen and oxygen atoms in total. The number of carbonyl (C=O) groups excluding carboxylic acids is 3. The van der Waals surface area contributed by atoms with Crippen molar-refractivity contribution >= 4 is 46.3 Å². The van der Waals surface area contributed by atoms with Gasteiger partial charge in [0.2, 0.25) is 5.91 Å². The molecular weight excluding hydrogens is 436 g/mol. The molecule has 1 atom stereocenters. The average Bonchev–Trinajstić information content (AvgIpc) is 3.44. The quantitative estimate of drug-likeness (QED) is 0.589. The van der Waals surface area contributed by atoms with Crippen molar-refractivity contribution in [2.24, 2.45) is 0 Å². The number of likely N-dealkylation sites (N-methyl/N-ethyl adjacent to an activating group) is 1. The molecule has 0 spiro atoms. The maximum Gasteiger partial charge on any atom is 0.265 e. The number of hydrogen-bond acceptors (Lipinski definition) is 5. The molecule has 3 amide bonds. The Bertz CT molecular complexity index is 933. The lowest BCUT2D eigenvalue weighted by Crippen LogP contribution is -2.43. The number of hydrogen-bond donors (Lipinski definition) is 2. The lowest BCUT2D eigenvalue weighted by Gasteiger charge is -2.26. The molecule has 31 heavy (non-hydrogen) atoms. The fraction of sp³-hybridized carbons (Fsp3) is 0.409. The van der Waals surface area contributed by atoms with Gasteiger partial charge in [0.25, 0.3) is 11.8 Å². The minimum atomic E-state index is -0.262. The molecule has 0 unspecified atom stereocenters. The zero-order valence-corrected chi connectivity index (χ0v) is 19.3. The monoisotopic (exact) mass is 462 g/mol. The second-order valence-electron chi connectivity index (χ2n) is 7.66. The number of rotatable bonds is 8. The minimum Gasteiger partial charge on any atom is -0.352 e. The third-order valence-corrected chi connectivity index (χ3v) is 6.42. The van der Waals surface area contributed by atoms with Crippen molar-refractivity contribution in [2.45, 2.75) is 25.3 Å². The number of likely N-dealkylation sites (tertiary alicyclic amines) is 1. The standard InChI is InChI=1S/C22H27ClN4O3S/c1-26(2)22(30)18-6-3-11-27(18)12-5-10-24-20(28)15-8-9-16(23)17(14-15)25-21(29)19-7-4-13-31-19/h4,7-9,13-14,18H,3,5-6,10-12H2,1-2H3,(H,24,28)(H,25,29)/t18-/m0/s1. The van der Waals surface area contributed by atoms with Gasteiger partial charge < -0.3 is 15.5 Å². The SMILES string of the molecule is CN(C)C(=O)[C@@H]1CCCN1CCCNC(=O)c1ccc(Cl)c(NC(=O)c2cccs2)c1. The smallest absolute Gasteiger partial charge is 0.265 e. The van der Waals surface area contributed by atoms with E-state index in [1.165, 1.54) is 11.3 Å². The van der Waals surface area contributed by atoms with Crippen LogP contribution in [-0.2, 0) is 4.79 Å². The highest BCUT2D eigenvalue weighted by Crippen LogP contribution is 2.24. The first-order valence-corrected chi connectivity index (χ1v) is 11.5. The van der Waals surface area contributed by atoms with Gasteiger partial charge in [0, 0.05) is 32.7 Å². The number of carbonyl (C=O) groups is 3. The summed E-state index contributed by atoms with van der Waals surface area (Å²) in [5.74, 6) is -0.354. The van der Waals surface area contributed by atoms with E-state index >= 15 is 0 Å². The van der Waals surface area contributed by atoms with Crippen LogP contribution in [0.25, 0.3) is 0 Å². The van der Waals surface area contributed by atoms with Crippen LogP contribution in [0.4, 0.5) is 5.69 Å². The van der Waals surface area contributed by atoms with Crippen molar-refractivity contribution in [1.82, 2.24) is 15.1 Å². The van der Waals surface area contributed by atoms with Crippen LogP contribution in [0.3, 0.4) is 0 Å². The minimum absolute atomic E-state index is 0.0588. The zero-order chi connectivity index (χ0) is 22.4. The predicted molar refractivity (Wildman–Crippen MR) is 124 cm³/mol. The molecule has 3 rings (SSSR count). The van der Waals surface area contributed by atoms with Crippen LogP contribution in [-0.4, -0.2) is 67.3 Å². The number of anilines is 1. The largest absolute Gasteiger partial charge is 0.352 e. The lowest BCUT2D eigenvalue weighted by atomic mass is 10.1. The third kappa shape index (κ3) is 6.06. The van der Waals surface area contributed by atoms with E-state index in [1.807, 2.05) is 5.38 Å². The normalized spacial score (nSPS) is 16.2. The Labute approximate surface area is 191 Å². The summed E-state index contributed by atoms with van der Waals surface area (Å²) in [5.41, 5.74) is 0.822.